The maximum Gasteiger partial charge on any atom is 0.241 e. The number of piperidine rings is 1. The van der Waals surface area contributed by atoms with Crippen LogP contribution < -0.4 is 19.5 Å². The number of nitrogens with one attached hydrogen (secondary N) is 1. The van der Waals surface area contributed by atoms with E-state index >= 15 is 0 Å². The van der Waals surface area contributed by atoms with Crippen LogP contribution in [0, 0.1) is 5.92 Å². The van der Waals surface area contributed by atoms with E-state index in [1.54, 1.807) is 14.2 Å². The summed E-state index contributed by atoms with van der Waals surface area (Å²) in [4.78, 5) is 19.6. The summed E-state index contributed by atoms with van der Waals surface area (Å²) < 4.78 is 21.7. The summed E-state index contributed by atoms with van der Waals surface area (Å²) in [5.74, 6) is 3.25. The van der Waals surface area contributed by atoms with Crippen LogP contribution in [0.5, 0.6) is 17.2 Å². The van der Waals surface area contributed by atoms with Crippen LogP contribution in [0.15, 0.2) is 47.0 Å². The Kier molecular flexibility index (Phi) is 9.37. The van der Waals surface area contributed by atoms with Gasteiger partial charge in [0.15, 0.2) is 11.5 Å². The molecule has 9 nitrogen and oxygen atoms in total. The van der Waals surface area contributed by atoms with Crippen LogP contribution >= 0.6 is 0 Å². The zero-order valence-corrected chi connectivity index (χ0v) is 21.9. The van der Waals surface area contributed by atoms with Crippen LogP contribution in [0.4, 0.5) is 0 Å². The van der Waals surface area contributed by atoms with Gasteiger partial charge in [0.05, 0.1) is 33.3 Å². The van der Waals surface area contributed by atoms with E-state index in [9.17, 15) is 4.79 Å². The quantitative estimate of drug-likeness (QED) is 0.365. The van der Waals surface area contributed by atoms with Crippen molar-refractivity contribution in [1.82, 2.24) is 20.4 Å². The predicted molar refractivity (Wildman–Crippen MR) is 140 cm³/mol. The summed E-state index contributed by atoms with van der Waals surface area (Å²) in [6.45, 7) is 5.40. The molecule has 2 aromatic carbocycles. The lowest BCUT2D eigenvalue weighted by molar-refractivity contribution is -0.126. The van der Waals surface area contributed by atoms with E-state index in [4.69, 9.17) is 18.7 Å². The lowest BCUT2D eigenvalue weighted by atomic mass is 9.97. The van der Waals surface area contributed by atoms with Crippen molar-refractivity contribution in [1.29, 1.82) is 0 Å². The van der Waals surface area contributed by atoms with Gasteiger partial charge in [-0.05, 0) is 75.0 Å². The van der Waals surface area contributed by atoms with Gasteiger partial charge in [-0.3, -0.25) is 9.69 Å². The normalized spacial score (nSPS) is 15.8. The van der Waals surface area contributed by atoms with E-state index in [1.165, 1.54) is 5.56 Å². The number of aryl methyl sites for hydroxylation is 1. The molecule has 9 heteroatoms. The number of ether oxygens (including phenoxy) is 3. The number of hydrogen-bond donors (Lipinski definition) is 1. The number of aromatic nitrogens is 2. The van der Waals surface area contributed by atoms with Crippen LogP contribution in [0.1, 0.15) is 37.6 Å². The molecule has 1 unspecified atom stereocenters. The largest absolute Gasteiger partial charge is 0.494 e. The SMILES string of the molecule is CCOc1ccc(CCCNC(=O)C2CCCN(Cc3nc(-c4ccc(OC)c(OC)c4)no3)C2)cc1. The molecule has 3 aromatic rings. The standard InChI is InChI=1S/C28H36N4O5/c1-4-36-23-12-9-20(10-13-23)7-5-15-29-28(33)22-8-6-16-32(18-22)19-26-30-27(31-37-26)21-11-14-24(34-2)25(17-21)35-3/h9-14,17,22H,4-8,15-16,18-19H2,1-3H3,(H,29,33). The highest BCUT2D eigenvalue weighted by Crippen LogP contribution is 2.31. The van der Waals surface area contributed by atoms with Gasteiger partial charge in [0.2, 0.25) is 17.6 Å². The first-order valence-corrected chi connectivity index (χ1v) is 12.9. The highest BCUT2D eigenvalue weighted by Gasteiger charge is 2.26. The number of amides is 1. The average Bonchev–Trinajstić information content (AvgIpc) is 3.40. The van der Waals surface area contributed by atoms with Crippen molar-refractivity contribution in [3.8, 4) is 28.6 Å². The first-order chi connectivity index (χ1) is 18.1. The molecule has 1 aromatic heterocycles. The minimum Gasteiger partial charge on any atom is -0.494 e. The van der Waals surface area contributed by atoms with Gasteiger partial charge in [0.25, 0.3) is 0 Å². The molecule has 4 rings (SSSR count). The number of carbonyl (C=O) groups excluding carboxylic acids is 1. The Morgan fingerprint density at radius 2 is 1.95 bits per heavy atom. The summed E-state index contributed by atoms with van der Waals surface area (Å²) >= 11 is 0. The molecule has 0 spiro atoms. The molecular weight excluding hydrogens is 472 g/mol. The van der Waals surface area contributed by atoms with Crippen LogP contribution in [0.25, 0.3) is 11.4 Å². The number of carbonyl (C=O) groups is 1. The second-order valence-corrected chi connectivity index (χ2v) is 9.13. The van der Waals surface area contributed by atoms with Gasteiger partial charge in [-0.15, -0.1) is 0 Å². The second kappa shape index (κ2) is 13.1. The van der Waals surface area contributed by atoms with Gasteiger partial charge >= 0.3 is 0 Å². The summed E-state index contributed by atoms with van der Waals surface area (Å²) in [6.07, 6.45) is 3.67. The molecule has 198 valence electrons. The Bertz CT molecular complexity index is 1150. The van der Waals surface area contributed by atoms with E-state index in [-0.39, 0.29) is 11.8 Å². The maximum absolute atomic E-state index is 12.8. The number of rotatable bonds is 12. The predicted octanol–water partition coefficient (Wildman–Crippen LogP) is 4.11. The van der Waals surface area contributed by atoms with Gasteiger partial charge < -0.3 is 24.1 Å². The Balaban J connectivity index is 1.23. The van der Waals surface area contributed by atoms with Crippen molar-refractivity contribution in [2.75, 3.05) is 40.5 Å². The van der Waals surface area contributed by atoms with E-state index < -0.39 is 0 Å². The highest BCUT2D eigenvalue weighted by atomic mass is 16.5. The van der Waals surface area contributed by atoms with Gasteiger partial charge in [0.1, 0.15) is 5.75 Å². The number of methoxy groups -OCH3 is 2. The number of likely N-dealkylation sites (tertiary alicyclic amines) is 1. The van der Waals surface area contributed by atoms with Crippen molar-refractivity contribution in [3.05, 3.63) is 53.9 Å². The monoisotopic (exact) mass is 508 g/mol. The molecule has 1 aliphatic rings. The summed E-state index contributed by atoms with van der Waals surface area (Å²) in [7, 11) is 3.19. The third kappa shape index (κ3) is 7.22. The number of hydrogen-bond acceptors (Lipinski definition) is 8. The summed E-state index contributed by atoms with van der Waals surface area (Å²) in [5.41, 5.74) is 2.03. The Labute approximate surface area is 218 Å². The van der Waals surface area contributed by atoms with Crippen molar-refractivity contribution in [2.24, 2.45) is 5.92 Å². The van der Waals surface area contributed by atoms with Crippen LogP contribution in [-0.2, 0) is 17.8 Å². The molecule has 1 saturated heterocycles. The molecule has 1 aliphatic heterocycles. The van der Waals surface area contributed by atoms with Crippen molar-refractivity contribution >= 4 is 5.91 Å². The lowest BCUT2D eigenvalue weighted by Crippen LogP contribution is -2.43. The maximum atomic E-state index is 12.8. The van der Waals surface area contributed by atoms with E-state index in [2.05, 4.69) is 32.5 Å². The van der Waals surface area contributed by atoms with Crippen molar-refractivity contribution in [3.63, 3.8) is 0 Å². The minimum atomic E-state index is -0.0348. The van der Waals surface area contributed by atoms with Crippen LogP contribution in [0.2, 0.25) is 0 Å². The third-order valence-corrected chi connectivity index (χ3v) is 6.52. The summed E-state index contributed by atoms with van der Waals surface area (Å²) in [6, 6.07) is 13.7. The van der Waals surface area contributed by atoms with Gasteiger partial charge in [-0.2, -0.15) is 4.98 Å². The fraction of sp³-hybridized carbons (Fsp3) is 0.464. The number of nitrogens with zero attached hydrogens (tertiary/aromatic N) is 3. The molecule has 0 radical (unpaired) electrons. The molecule has 1 atom stereocenters. The molecule has 0 saturated carbocycles. The van der Waals surface area contributed by atoms with E-state index in [0.29, 0.717) is 49.5 Å². The van der Waals surface area contributed by atoms with E-state index in [1.807, 2.05) is 37.3 Å². The van der Waals surface area contributed by atoms with Gasteiger partial charge in [0, 0.05) is 18.7 Å². The molecule has 0 bridgehead atoms. The molecular formula is C28H36N4O5. The van der Waals surface area contributed by atoms with Gasteiger partial charge in [-0.1, -0.05) is 17.3 Å². The zero-order valence-electron chi connectivity index (χ0n) is 21.9. The smallest absolute Gasteiger partial charge is 0.241 e. The van der Waals surface area contributed by atoms with Crippen molar-refractivity contribution in [2.45, 2.75) is 39.2 Å². The summed E-state index contributed by atoms with van der Waals surface area (Å²) in [5, 5.41) is 7.25. The zero-order chi connectivity index (χ0) is 26.0. The molecule has 1 fully saturated rings. The van der Waals surface area contributed by atoms with Crippen LogP contribution in [-0.4, -0.2) is 61.4 Å². The molecule has 1 amide bonds. The topological polar surface area (TPSA) is 99.0 Å². The molecule has 1 N–H and O–H groups in total. The lowest BCUT2D eigenvalue weighted by Gasteiger charge is -2.30. The number of benzene rings is 2. The molecule has 37 heavy (non-hydrogen) atoms. The minimum absolute atomic E-state index is 0.0348. The van der Waals surface area contributed by atoms with Crippen molar-refractivity contribution < 1.29 is 23.5 Å². The fourth-order valence-corrected chi connectivity index (χ4v) is 4.58. The molecule has 2 heterocycles. The van der Waals surface area contributed by atoms with Crippen LogP contribution in [0.3, 0.4) is 0 Å². The van der Waals surface area contributed by atoms with E-state index in [0.717, 1.165) is 43.5 Å². The third-order valence-electron chi connectivity index (χ3n) is 6.52. The second-order valence-electron chi connectivity index (χ2n) is 9.13. The fourth-order valence-electron chi connectivity index (χ4n) is 4.58. The average molecular weight is 509 g/mol. The Morgan fingerprint density at radius 3 is 2.70 bits per heavy atom. The Hall–Kier alpha value is -3.59. The van der Waals surface area contributed by atoms with Gasteiger partial charge in [-0.25, -0.2) is 0 Å². The first kappa shape index (κ1) is 26.5. The highest BCUT2D eigenvalue weighted by molar-refractivity contribution is 5.78. The molecule has 0 aliphatic carbocycles. The Morgan fingerprint density at radius 1 is 1.14 bits per heavy atom. The first-order valence-electron chi connectivity index (χ1n) is 12.9.